The van der Waals surface area contributed by atoms with Crippen molar-refractivity contribution in [3.63, 3.8) is 0 Å². The van der Waals surface area contributed by atoms with E-state index in [-0.39, 0.29) is 21.7 Å². The molecule has 1 aromatic carbocycles. The summed E-state index contributed by atoms with van der Waals surface area (Å²) in [6, 6.07) is 2.69. The maximum Gasteiger partial charge on any atom is 0.274 e. The van der Waals surface area contributed by atoms with Crippen LogP contribution < -0.4 is 0 Å². The van der Waals surface area contributed by atoms with E-state index in [1.165, 1.54) is 12.1 Å². The van der Waals surface area contributed by atoms with Crippen molar-refractivity contribution in [3.8, 4) is 0 Å². The van der Waals surface area contributed by atoms with Gasteiger partial charge in [0.2, 0.25) is 0 Å². The topological polar surface area (TPSA) is 63.4 Å². The average molecular weight is 278 g/mol. The Labute approximate surface area is 109 Å². The smallest absolute Gasteiger partial charge is 0.274 e. The molecule has 0 heterocycles. The van der Waals surface area contributed by atoms with Crippen molar-refractivity contribution in [2.45, 2.75) is 32.3 Å². The van der Waals surface area contributed by atoms with Crippen molar-refractivity contribution < 1.29 is 10.0 Å². The lowest BCUT2D eigenvalue weighted by Crippen LogP contribution is -2.15. The lowest BCUT2D eigenvalue weighted by molar-refractivity contribution is -0.385. The number of hydrogen-bond acceptors (Lipinski definition) is 3. The summed E-state index contributed by atoms with van der Waals surface area (Å²) < 4.78 is 0. The summed E-state index contributed by atoms with van der Waals surface area (Å²) in [4.78, 5) is 10.4. The van der Waals surface area contributed by atoms with Crippen molar-refractivity contribution in [3.05, 3.63) is 37.9 Å². The second-order valence-electron chi connectivity index (χ2n) is 3.84. The molecule has 1 aromatic rings. The fraction of sp³-hybridized carbons (Fsp3) is 0.455. The molecule has 0 aliphatic carbocycles. The Morgan fingerprint density at radius 3 is 2.35 bits per heavy atom. The Hall–Kier alpha value is -0.840. The number of benzene rings is 1. The largest absolute Gasteiger partial charge is 0.393 e. The zero-order valence-corrected chi connectivity index (χ0v) is 11.0. The van der Waals surface area contributed by atoms with Crippen molar-refractivity contribution in [1.82, 2.24) is 0 Å². The van der Waals surface area contributed by atoms with Gasteiger partial charge >= 0.3 is 0 Å². The Bertz CT molecular complexity index is 435. The molecule has 94 valence electrons. The lowest BCUT2D eigenvalue weighted by atomic mass is 9.90. The zero-order chi connectivity index (χ0) is 13.2. The van der Waals surface area contributed by atoms with Crippen LogP contribution in [0.15, 0.2) is 12.1 Å². The van der Waals surface area contributed by atoms with E-state index in [4.69, 9.17) is 23.2 Å². The van der Waals surface area contributed by atoms with E-state index in [0.29, 0.717) is 12.0 Å². The minimum Gasteiger partial charge on any atom is -0.393 e. The van der Waals surface area contributed by atoms with Gasteiger partial charge in [-0.25, -0.2) is 0 Å². The summed E-state index contributed by atoms with van der Waals surface area (Å²) in [7, 11) is 0. The Morgan fingerprint density at radius 2 is 1.94 bits per heavy atom. The second-order valence-corrected chi connectivity index (χ2v) is 4.65. The highest BCUT2D eigenvalue weighted by molar-refractivity contribution is 6.42. The molecule has 0 radical (unpaired) electrons. The minimum absolute atomic E-state index is 0.104. The second kappa shape index (κ2) is 5.67. The third kappa shape index (κ3) is 3.09. The van der Waals surface area contributed by atoms with Crippen LogP contribution in [0.4, 0.5) is 5.69 Å². The number of aliphatic hydroxyl groups excluding tert-OH is 1. The van der Waals surface area contributed by atoms with Gasteiger partial charge in [-0.05, 0) is 19.4 Å². The molecule has 2 unspecified atom stereocenters. The number of hydrogen-bond donors (Lipinski definition) is 1. The molecule has 0 saturated carbocycles. The summed E-state index contributed by atoms with van der Waals surface area (Å²) in [5, 5.41) is 21.0. The van der Waals surface area contributed by atoms with Crippen molar-refractivity contribution in [2.24, 2.45) is 0 Å². The molecule has 1 N–H and O–H groups in total. The first-order valence-corrected chi connectivity index (χ1v) is 5.95. The summed E-state index contributed by atoms with van der Waals surface area (Å²) in [5.74, 6) is -0.329. The fourth-order valence-electron chi connectivity index (χ4n) is 1.83. The van der Waals surface area contributed by atoms with E-state index in [0.717, 1.165) is 0 Å². The monoisotopic (exact) mass is 277 g/mol. The van der Waals surface area contributed by atoms with Crippen LogP contribution in [0.5, 0.6) is 0 Å². The average Bonchev–Trinajstić information content (AvgIpc) is 2.22. The third-order valence-corrected chi connectivity index (χ3v) is 3.41. The zero-order valence-electron chi connectivity index (χ0n) is 9.48. The van der Waals surface area contributed by atoms with Gasteiger partial charge in [-0.2, -0.15) is 0 Å². The van der Waals surface area contributed by atoms with Crippen molar-refractivity contribution >= 4 is 28.9 Å². The van der Waals surface area contributed by atoms with Gasteiger partial charge in [0.15, 0.2) is 0 Å². The van der Waals surface area contributed by atoms with Crippen LogP contribution in [0.3, 0.4) is 0 Å². The highest BCUT2D eigenvalue weighted by atomic mass is 35.5. The number of aliphatic hydroxyl groups is 1. The SMILES string of the molecule is CCC(c1cc(Cl)c(Cl)cc1[N+](=O)[O-])C(C)O. The van der Waals surface area contributed by atoms with E-state index < -0.39 is 11.0 Å². The molecule has 0 aliphatic heterocycles. The molecule has 4 nitrogen and oxygen atoms in total. The summed E-state index contributed by atoms with van der Waals surface area (Å²) >= 11 is 11.6. The van der Waals surface area contributed by atoms with Gasteiger partial charge in [-0.15, -0.1) is 0 Å². The minimum atomic E-state index is -0.684. The predicted molar refractivity (Wildman–Crippen MR) is 67.8 cm³/mol. The predicted octanol–water partition coefficient (Wildman–Crippen LogP) is 3.78. The van der Waals surface area contributed by atoms with Crippen molar-refractivity contribution in [1.29, 1.82) is 0 Å². The molecular weight excluding hydrogens is 265 g/mol. The fourth-order valence-corrected chi connectivity index (χ4v) is 2.16. The number of nitro benzene ring substituents is 1. The summed E-state index contributed by atoms with van der Waals surface area (Å²) in [6.07, 6.45) is -0.104. The Morgan fingerprint density at radius 1 is 1.41 bits per heavy atom. The number of nitro groups is 1. The molecule has 0 fully saturated rings. The third-order valence-electron chi connectivity index (χ3n) is 2.69. The first-order chi connectivity index (χ1) is 7.88. The van der Waals surface area contributed by atoms with Crippen LogP contribution in [0.25, 0.3) is 0 Å². The summed E-state index contributed by atoms with van der Waals surface area (Å²) in [5.41, 5.74) is 0.314. The Balaban J connectivity index is 3.39. The molecule has 0 saturated heterocycles. The van der Waals surface area contributed by atoms with Gasteiger partial charge < -0.3 is 5.11 Å². The molecule has 0 aromatic heterocycles. The van der Waals surface area contributed by atoms with Crippen LogP contribution in [-0.2, 0) is 0 Å². The van der Waals surface area contributed by atoms with E-state index in [2.05, 4.69) is 0 Å². The number of halogens is 2. The van der Waals surface area contributed by atoms with Crippen LogP contribution >= 0.6 is 23.2 Å². The normalized spacial score (nSPS) is 14.4. The maximum absolute atomic E-state index is 11.0. The highest BCUT2D eigenvalue weighted by Gasteiger charge is 2.26. The van der Waals surface area contributed by atoms with Crippen molar-refractivity contribution in [2.75, 3.05) is 0 Å². The number of nitrogens with zero attached hydrogens (tertiary/aromatic N) is 1. The Kier molecular flexibility index (Phi) is 4.74. The molecule has 0 spiro atoms. The van der Waals surface area contributed by atoms with E-state index in [1.54, 1.807) is 6.92 Å². The molecule has 0 aliphatic rings. The molecule has 6 heteroatoms. The quantitative estimate of drug-likeness (QED) is 0.673. The van der Waals surface area contributed by atoms with Crippen LogP contribution in [0, 0.1) is 10.1 Å². The van der Waals surface area contributed by atoms with Gasteiger partial charge in [-0.1, -0.05) is 30.1 Å². The van der Waals surface area contributed by atoms with Gasteiger partial charge in [-0.3, -0.25) is 10.1 Å². The van der Waals surface area contributed by atoms with Gasteiger partial charge in [0.1, 0.15) is 0 Å². The first-order valence-electron chi connectivity index (χ1n) is 5.19. The highest BCUT2D eigenvalue weighted by Crippen LogP contribution is 2.37. The molecule has 0 amide bonds. The van der Waals surface area contributed by atoms with Gasteiger partial charge in [0.25, 0.3) is 5.69 Å². The maximum atomic E-state index is 11.0. The molecule has 0 bridgehead atoms. The molecule has 17 heavy (non-hydrogen) atoms. The van der Waals surface area contributed by atoms with E-state index in [9.17, 15) is 15.2 Å². The standard InChI is InChI=1S/C11H13Cl2NO3/c1-3-7(6(2)15)8-4-9(12)10(13)5-11(8)14(16)17/h4-7,15H,3H2,1-2H3. The van der Waals surface area contributed by atoms with Gasteiger partial charge in [0, 0.05) is 17.5 Å². The first kappa shape index (κ1) is 14.2. The number of rotatable bonds is 4. The van der Waals surface area contributed by atoms with Gasteiger partial charge in [0.05, 0.1) is 21.1 Å². The molecule has 1 rings (SSSR count). The summed E-state index contributed by atoms with van der Waals surface area (Å²) in [6.45, 7) is 3.45. The van der Waals surface area contributed by atoms with E-state index >= 15 is 0 Å². The molecular formula is C11H13Cl2NO3. The molecule has 2 atom stereocenters. The lowest BCUT2D eigenvalue weighted by Gasteiger charge is -2.18. The van der Waals surface area contributed by atoms with E-state index in [1.807, 2.05) is 6.92 Å². The van der Waals surface area contributed by atoms with Crippen LogP contribution in [-0.4, -0.2) is 16.1 Å². The van der Waals surface area contributed by atoms with Crippen LogP contribution in [0.1, 0.15) is 31.7 Å². The van der Waals surface area contributed by atoms with Crippen LogP contribution in [0.2, 0.25) is 10.0 Å².